The van der Waals surface area contributed by atoms with E-state index in [0.29, 0.717) is 10.9 Å². The van der Waals surface area contributed by atoms with Crippen LogP contribution in [0.1, 0.15) is 36.8 Å². The molecule has 2 aliphatic carbocycles. The van der Waals surface area contributed by atoms with Crippen LogP contribution in [0.2, 0.25) is 0 Å². The minimum Gasteiger partial charge on any atom is -0.310 e. The zero-order valence-electron chi connectivity index (χ0n) is 12.1. The molecule has 0 atom stereocenters. The van der Waals surface area contributed by atoms with Crippen molar-refractivity contribution in [2.75, 3.05) is 7.05 Å². The third-order valence-electron chi connectivity index (χ3n) is 4.22. The van der Waals surface area contributed by atoms with Gasteiger partial charge in [-0.3, -0.25) is 0 Å². The summed E-state index contributed by atoms with van der Waals surface area (Å²) in [5, 5.41) is 3.45. The highest BCUT2D eigenvalue weighted by atomic mass is 32.2. The molecule has 0 radical (unpaired) electrons. The van der Waals surface area contributed by atoms with Gasteiger partial charge in [-0.1, -0.05) is 6.07 Å². The molecule has 3 rings (SSSR count). The Kier molecular flexibility index (Phi) is 3.60. The maximum Gasteiger partial charge on any atom is 0.243 e. The zero-order valence-corrected chi connectivity index (χ0v) is 12.9. The van der Waals surface area contributed by atoms with Gasteiger partial charge >= 0.3 is 0 Å². The lowest BCUT2D eigenvalue weighted by Gasteiger charge is -2.17. The summed E-state index contributed by atoms with van der Waals surface area (Å²) in [5.41, 5.74) is 2.23. The van der Waals surface area contributed by atoms with E-state index in [1.165, 1.54) is 17.1 Å². The molecule has 1 N–H and O–H groups in total. The van der Waals surface area contributed by atoms with Gasteiger partial charge in [-0.25, -0.2) is 8.42 Å². The van der Waals surface area contributed by atoms with Gasteiger partial charge in [0, 0.05) is 25.7 Å². The molecule has 0 bridgehead atoms. The van der Waals surface area contributed by atoms with E-state index in [4.69, 9.17) is 0 Å². The molecule has 2 aliphatic rings. The summed E-state index contributed by atoms with van der Waals surface area (Å²) in [5.74, 6) is 0. The second-order valence-corrected chi connectivity index (χ2v) is 7.99. The Balaban J connectivity index is 1.83. The number of sulfonamides is 1. The highest BCUT2D eigenvalue weighted by Crippen LogP contribution is 2.31. The van der Waals surface area contributed by atoms with Crippen molar-refractivity contribution in [2.24, 2.45) is 0 Å². The van der Waals surface area contributed by atoms with Gasteiger partial charge in [0.05, 0.1) is 4.90 Å². The number of hydrogen-bond acceptors (Lipinski definition) is 3. The fourth-order valence-electron chi connectivity index (χ4n) is 2.34. The van der Waals surface area contributed by atoms with Crippen molar-refractivity contribution in [1.29, 1.82) is 0 Å². The van der Waals surface area contributed by atoms with E-state index in [0.717, 1.165) is 30.5 Å². The van der Waals surface area contributed by atoms with Gasteiger partial charge in [0.2, 0.25) is 10.0 Å². The first-order valence-corrected chi connectivity index (χ1v) is 8.73. The first kappa shape index (κ1) is 14.0. The van der Waals surface area contributed by atoms with E-state index in [9.17, 15) is 8.42 Å². The molecule has 0 unspecified atom stereocenters. The highest BCUT2D eigenvalue weighted by molar-refractivity contribution is 7.89. The molecule has 0 spiro atoms. The summed E-state index contributed by atoms with van der Waals surface area (Å²) in [7, 11) is -1.64. The summed E-state index contributed by atoms with van der Waals surface area (Å²) in [6, 6.07) is 6.30. The summed E-state index contributed by atoms with van der Waals surface area (Å²) in [6.07, 6.45) is 4.44. The monoisotopic (exact) mass is 294 g/mol. The van der Waals surface area contributed by atoms with Gasteiger partial charge in [-0.05, 0) is 55.9 Å². The number of benzene rings is 1. The molecule has 110 valence electrons. The SMILES string of the molecule is Cc1ccc(S(=O)(=O)N(C)C2CC2)cc1CNC1CC1. The first-order valence-electron chi connectivity index (χ1n) is 7.29. The fourth-order valence-corrected chi connectivity index (χ4v) is 3.81. The lowest BCUT2D eigenvalue weighted by Crippen LogP contribution is -2.29. The second kappa shape index (κ2) is 5.13. The number of nitrogens with one attached hydrogen (secondary N) is 1. The van der Waals surface area contributed by atoms with E-state index in [-0.39, 0.29) is 6.04 Å². The third kappa shape index (κ3) is 2.90. The van der Waals surface area contributed by atoms with Crippen LogP contribution in [0.15, 0.2) is 23.1 Å². The molecule has 1 aromatic rings. The zero-order chi connectivity index (χ0) is 14.3. The standard InChI is InChI=1S/C15H22N2O2S/c1-11-3-8-15(9-12(11)10-16-13-4-5-13)20(18,19)17(2)14-6-7-14/h3,8-9,13-14,16H,4-7,10H2,1-2H3. The Morgan fingerprint density at radius 1 is 1.25 bits per heavy atom. The van der Waals surface area contributed by atoms with Crippen molar-refractivity contribution in [3.63, 3.8) is 0 Å². The predicted octanol–water partition coefficient (Wildman–Crippen LogP) is 2.03. The van der Waals surface area contributed by atoms with E-state index in [2.05, 4.69) is 5.32 Å². The van der Waals surface area contributed by atoms with Gasteiger partial charge in [-0.15, -0.1) is 0 Å². The molecule has 0 aliphatic heterocycles. The molecule has 2 fully saturated rings. The fraction of sp³-hybridized carbons (Fsp3) is 0.600. The smallest absolute Gasteiger partial charge is 0.243 e. The molecule has 0 heterocycles. The van der Waals surface area contributed by atoms with Crippen LogP contribution in [0.4, 0.5) is 0 Å². The molecule has 2 saturated carbocycles. The average molecular weight is 294 g/mol. The van der Waals surface area contributed by atoms with Crippen LogP contribution in [0.25, 0.3) is 0 Å². The van der Waals surface area contributed by atoms with Crippen molar-refractivity contribution in [1.82, 2.24) is 9.62 Å². The Bertz CT molecular complexity index is 604. The predicted molar refractivity (Wildman–Crippen MR) is 79.0 cm³/mol. The van der Waals surface area contributed by atoms with Crippen molar-refractivity contribution in [2.45, 2.75) is 56.1 Å². The minimum atomic E-state index is -3.33. The molecule has 5 heteroatoms. The molecule has 0 saturated heterocycles. The van der Waals surface area contributed by atoms with Gasteiger partial charge in [0.25, 0.3) is 0 Å². The van der Waals surface area contributed by atoms with Crippen LogP contribution >= 0.6 is 0 Å². The average Bonchev–Trinajstić information content (AvgIpc) is 3.29. The molecular formula is C15H22N2O2S. The maximum atomic E-state index is 12.5. The summed E-state index contributed by atoms with van der Waals surface area (Å²) in [6.45, 7) is 2.79. The summed E-state index contributed by atoms with van der Waals surface area (Å²) in [4.78, 5) is 0.421. The first-order chi connectivity index (χ1) is 9.48. The van der Waals surface area contributed by atoms with Crippen molar-refractivity contribution in [3.05, 3.63) is 29.3 Å². The lowest BCUT2D eigenvalue weighted by molar-refractivity contribution is 0.464. The third-order valence-corrected chi connectivity index (χ3v) is 6.12. The number of rotatable bonds is 6. The summed E-state index contributed by atoms with van der Waals surface area (Å²) < 4.78 is 26.6. The number of nitrogens with zero attached hydrogens (tertiary/aromatic N) is 1. The largest absolute Gasteiger partial charge is 0.310 e. The molecular weight excluding hydrogens is 272 g/mol. The van der Waals surface area contributed by atoms with E-state index in [1.54, 1.807) is 13.1 Å². The second-order valence-electron chi connectivity index (χ2n) is 6.00. The van der Waals surface area contributed by atoms with Gasteiger partial charge in [-0.2, -0.15) is 4.31 Å². The van der Waals surface area contributed by atoms with Gasteiger partial charge < -0.3 is 5.32 Å². The van der Waals surface area contributed by atoms with E-state index >= 15 is 0 Å². The highest BCUT2D eigenvalue weighted by Gasteiger charge is 2.35. The van der Waals surface area contributed by atoms with Crippen LogP contribution in [-0.4, -0.2) is 31.9 Å². The van der Waals surface area contributed by atoms with Crippen LogP contribution in [0.5, 0.6) is 0 Å². The lowest BCUT2D eigenvalue weighted by atomic mass is 10.1. The number of hydrogen-bond donors (Lipinski definition) is 1. The van der Waals surface area contributed by atoms with Gasteiger partial charge in [0.1, 0.15) is 0 Å². The molecule has 1 aromatic carbocycles. The van der Waals surface area contributed by atoms with Crippen molar-refractivity contribution >= 4 is 10.0 Å². The van der Waals surface area contributed by atoms with Crippen molar-refractivity contribution in [3.8, 4) is 0 Å². The van der Waals surface area contributed by atoms with Crippen LogP contribution in [0.3, 0.4) is 0 Å². The Morgan fingerprint density at radius 3 is 2.55 bits per heavy atom. The normalized spacial score (nSPS) is 19.6. The van der Waals surface area contributed by atoms with E-state index < -0.39 is 10.0 Å². The Labute approximate surface area is 121 Å². The molecule has 0 amide bonds. The van der Waals surface area contributed by atoms with E-state index in [1.807, 2.05) is 19.1 Å². The molecule has 20 heavy (non-hydrogen) atoms. The summed E-state index contributed by atoms with van der Waals surface area (Å²) >= 11 is 0. The molecule has 0 aromatic heterocycles. The Morgan fingerprint density at radius 2 is 1.95 bits per heavy atom. The van der Waals surface area contributed by atoms with Crippen LogP contribution in [0, 0.1) is 6.92 Å². The number of aryl methyl sites for hydroxylation is 1. The quantitative estimate of drug-likeness (QED) is 0.873. The van der Waals surface area contributed by atoms with Crippen LogP contribution < -0.4 is 5.32 Å². The Hall–Kier alpha value is -0.910. The minimum absolute atomic E-state index is 0.203. The van der Waals surface area contributed by atoms with Crippen LogP contribution in [-0.2, 0) is 16.6 Å². The van der Waals surface area contributed by atoms with Crippen molar-refractivity contribution < 1.29 is 8.42 Å². The topological polar surface area (TPSA) is 49.4 Å². The van der Waals surface area contributed by atoms with Gasteiger partial charge in [0.15, 0.2) is 0 Å². The maximum absolute atomic E-state index is 12.5. The molecule has 4 nitrogen and oxygen atoms in total.